The van der Waals surface area contributed by atoms with Gasteiger partial charge >= 0.3 is 0 Å². The van der Waals surface area contributed by atoms with Crippen molar-refractivity contribution in [3.05, 3.63) is 29.8 Å². The van der Waals surface area contributed by atoms with Crippen LogP contribution in [-0.4, -0.2) is 44.4 Å². The van der Waals surface area contributed by atoms with Gasteiger partial charge in [0.15, 0.2) is 0 Å². The number of nitrogens with two attached hydrogens (primary N) is 1. The molecule has 1 heterocycles. The molecule has 1 aromatic rings. The molecule has 0 aromatic heterocycles. The largest absolute Gasteiger partial charge is 0.341 e. The number of carbonyl (C=O) groups excluding carboxylic acids is 1. The van der Waals surface area contributed by atoms with Crippen molar-refractivity contribution in [3.8, 4) is 0 Å². The maximum atomic E-state index is 13.1. The molecule has 1 saturated heterocycles. The second-order valence-electron chi connectivity index (χ2n) is 8.30. The standard InChI is InChI=1S/C19H31N3O3S/c1-13(2)17(18(23)22-11-10-16(20)19(4,5)12-22)21-26(24,25)15-8-6-14(3)7-9-15/h6-9,13,16-17,21H,10-12,20H2,1-5H3. The van der Waals surface area contributed by atoms with Crippen LogP contribution in [0.1, 0.15) is 39.7 Å². The predicted octanol–water partition coefficient (Wildman–Crippen LogP) is 1.88. The first-order valence-electron chi connectivity index (χ1n) is 9.07. The molecule has 146 valence electrons. The van der Waals surface area contributed by atoms with Crippen molar-refractivity contribution >= 4 is 15.9 Å². The molecule has 1 aliphatic heterocycles. The smallest absolute Gasteiger partial charge is 0.241 e. The van der Waals surface area contributed by atoms with Gasteiger partial charge in [0.2, 0.25) is 15.9 Å². The molecule has 2 unspecified atom stereocenters. The number of sulfonamides is 1. The van der Waals surface area contributed by atoms with Crippen LogP contribution in [-0.2, 0) is 14.8 Å². The van der Waals surface area contributed by atoms with E-state index in [0.29, 0.717) is 19.5 Å². The molecule has 0 bridgehead atoms. The minimum atomic E-state index is -3.77. The zero-order valence-corrected chi connectivity index (χ0v) is 17.1. The fourth-order valence-corrected chi connectivity index (χ4v) is 4.52. The van der Waals surface area contributed by atoms with Crippen LogP contribution in [0.3, 0.4) is 0 Å². The maximum absolute atomic E-state index is 13.1. The van der Waals surface area contributed by atoms with Gasteiger partial charge in [-0.2, -0.15) is 4.72 Å². The van der Waals surface area contributed by atoms with Crippen LogP contribution >= 0.6 is 0 Å². The summed E-state index contributed by atoms with van der Waals surface area (Å²) < 4.78 is 28.1. The van der Waals surface area contributed by atoms with E-state index in [-0.39, 0.29) is 28.2 Å². The molecule has 2 atom stereocenters. The topological polar surface area (TPSA) is 92.5 Å². The van der Waals surface area contributed by atoms with Gasteiger partial charge in [-0.25, -0.2) is 8.42 Å². The number of aryl methyl sites for hydroxylation is 1. The minimum Gasteiger partial charge on any atom is -0.341 e. The number of amides is 1. The highest BCUT2D eigenvalue weighted by Gasteiger charge is 2.39. The lowest BCUT2D eigenvalue weighted by molar-refractivity contribution is -0.137. The minimum absolute atomic E-state index is 0.0355. The molecule has 1 aromatic carbocycles. The Morgan fingerprint density at radius 1 is 1.27 bits per heavy atom. The van der Waals surface area contributed by atoms with Gasteiger partial charge in [0.1, 0.15) is 6.04 Å². The van der Waals surface area contributed by atoms with Crippen LogP contribution < -0.4 is 10.5 Å². The summed E-state index contributed by atoms with van der Waals surface area (Å²) in [5.41, 5.74) is 6.94. The average molecular weight is 382 g/mol. The highest BCUT2D eigenvalue weighted by atomic mass is 32.2. The summed E-state index contributed by atoms with van der Waals surface area (Å²) in [5.74, 6) is -0.350. The van der Waals surface area contributed by atoms with Crippen LogP contribution in [0, 0.1) is 18.3 Å². The van der Waals surface area contributed by atoms with Crippen molar-refractivity contribution in [1.29, 1.82) is 0 Å². The molecule has 0 radical (unpaired) electrons. The van der Waals surface area contributed by atoms with E-state index in [4.69, 9.17) is 5.73 Å². The van der Waals surface area contributed by atoms with Crippen LogP contribution in [0.2, 0.25) is 0 Å². The Kier molecular flexibility index (Phi) is 6.15. The van der Waals surface area contributed by atoms with Crippen LogP contribution in [0.5, 0.6) is 0 Å². The number of nitrogens with one attached hydrogen (secondary N) is 1. The van der Waals surface area contributed by atoms with Gasteiger partial charge in [-0.05, 0) is 36.8 Å². The summed E-state index contributed by atoms with van der Waals surface area (Å²) in [4.78, 5) is 15.0. The molecule has 0 aliphatic carbocycles. The molecule has 2 rings (SSSR count). The lowest BCUT2D eigenvalue weighted by Crippen LogP contribution is -2.58. The Bertz CT molecular complexity index is 742. The lowest BCUT2D eigenvalue weighted by Gasteiger charge is -2.44. The van der Waals surface area contributed by atoms with Crippen LogP contribution in [0.4, 0.5) is 0 Å². The molecule has 26 heavy (non-hydrogen) atoms. The Labute approximate surface area is 157 Å². The zero-order valence-electron chi connectivity index (χ0n) is 16.3. The summed E-state index contributed by atoms with van der Waals surface area (Å²) >= 11 is 0. The van der Waals surface area contributed by atoms with E-state index in [9.17, 15) is 13.2 Å². The Hall–Kier alpha value is -1.44. The molecule has 6 nitrogen and oxygen atoms in total. The van der Waals surface area contributed by atoms with Gasteiger partial charge in [-0.1, -0.05) is 45.4 Å². The molecule has 1 aliphatic rings. The highest BCUT2D eigenvalue weighted by Crippen LogP contribution is 2.28. The SMILES string of the molecule is Cc1ccc(S(=O)(=O)NC(C(=O)N2CCC(N)C(C)(C)C2)C(C)C)cc1. The monoisotopic (exact) mass is 381 g/mol. The average Bonchev–Trinajstić information content (AvgIpc) is 2.54. The third-order valence-electron chi connectivity index (χ3n) is 5.17. The summed E-state index contributed by atoms with van der Waals surface area (Å²) in [6.07, 6.45) is 0.717. The van der Waals surface area contributed by atoms with Gasteiger partial charge < -0.3 is 10.6 Å². The number of rotatable bonds is 5. The van der Waals surface area contributed by atoms with Crippen LogP contribution in [0.25, 0.3) is 0 Å². The third-order valence-corrected chi connectivity index (χ3v) is 6.63. The molecular formula is C19H31N3O3S. The first-order valence-corrected chi connectivity index (χ1v) is 10.6. The zero-order chi connectivity index (χ0) is 19.7. The van der Waals surface area contributed by atoms with E-state index >= 15 is 0 Å². The molecule has 7 heteroatoms. The number of piperidine rings is 1. The van der Waals surface area contributed by atoms with E-state index in [1.807, 2.05) is 34.6 Å². The molecule has 1 fully saturated rings. The number of benzene rings is 1. The van der Waals surface area contributed by atoms with Crippen molar-refractivity contribution in [2.24, 2.45) is 17.1 Å². The van der Waals surface area contributed by atoms with Gasteiger partial charge in [-0.15, -0.1) is 0 Å². The van der Waals surface area contributed by atoms with Crippen molar-refractivity contribution < 1.29 is 13.2 Å². The van der Waals surface area contributed by atoms with Crippen LogP contribution in [0.15, 0.2) is 29.2 Å². The van der Waals surface area contributed by atoms with E-state index in [0.717, 1.165) is 5.56 Å². The number of likely N-dealkylation sites (tertiary alicyclic amines) is 1. The molecule has 1 amide bonds. The first-order chi connectivity index (χ1) is 11.9. The fourth-order valence-electron chi connectivity index (χ4n) is 3.18. The van der Waals surface area contributed by atoms with Gasteiger partial charge in [0.05, 0.1) is 4.90 Å². The first kappa shape index (κ1) is 20.9. The normalized spacial score (nSPS) is 21.7. The number of carbonyl (C=O) groups is 1. The Morgan fingerprint density at radius 2 is 1.85 bits per heavy atom. The molecular weight excluding hydrogens is 350 g/mol. The summed E-state index contributed by atoms with van der Waals surface area (Å²) in [6, 6.07) is 5.84. The molecule has 0 spiro atoms. The number of nitrogens with zero attached hydrogens (tertiary/aromatic N) is 1. The molecule has 0 saturated carbocycles. The number of hydrogen-bond donors (Lipinski definition) is 2. The van der Waals surface area contributed by atoms with Crippen molar-refractivity contribution in [3.63, 3.8) is 0 Å². The Balaban J connectivity index is 2.20. The quantitative estimate of drug-likeness (QED) is 0.814. The predicted molar refractivity (Wildman–Crippen MR) is 103 cm³/mol. The van der Waals surface area contributed by atoms with Gasteiger partial charge in [-0.3, -0.25) is 4.79 Å². The molecule has 3 N–H and O–H groups in total. The Morgan fingerprint density at radius 3 is 2.35 bits per heavy atom. The van der Waals surface area contributed by atoms with E-state index < -0.39 is 16.1 Å². The van der Waals surface area contributed by atoms with E-state index in [1.165, 1.54) is 0 Å². The van der Waals surface area contributed by atoms with Crippen molar-refractivity contribution in [1.82, 2.24) is 9.62 Å². The summed E-state index contributed by atoms with van der Waals surface area (Å²) in [6.45, 7) is 10.8. The lowest BCUT2D eigenvalue weighted by atomic mass is 9.79. The summed E-state index contributed by atoms with van der Waals surface area (Å²) in [5, 5.41) is 0. The second-order valence-corrected chi connectivity index (χ2v) is 10.0. The van der Waals surface area contributed by atoms with Gasteiger partial charge in [0, 0.05) is 19.1 Å². The van der Waals surface area contributed by atoms with Gasteiger partial charge in [0.25, 0.3) is 0 Å². The second kappa shape index (κ2) is 7.66. The number of hydrogen-bond acceptors (Lipinski definition) is 4. The van der Waals surface area contributed by atoms with E-state index in [1.54, 1.807) is 29.2 Å². The van der Waals surface area contributed by atoms with E-state index in [2.05, 4.69) is 4.72 Å². The third kappa shape index (κ3) is 4.64. The summed E-state index contributed by atoms with van der Waals surface area (Å²) in [7, 11) is -3.77. The fraction of sp³-hybridized carbons (Fsp3) is 0.632. The maximum Gasteiger partial charge on any atom is 0.241 e. The highest BCUT2D eigenvalue weighted by molar-refractivity contribution is 7.89. The van der Waals surface area contributed by atoms with Crippen molar-refractivity contribution in [2.45, 2.75) is 58.0 Å². The van der Waals surface area contributed by atoms with Crippen molar-refractivity contribution in [2.75, 3.05) is 13.1 Å².